The van der Waals surface area contributed by atoms with Gasteiger partial charge in [-0.25, -0.2) is 14.8 Å². The number of carbonyl (C=O) groups excluding carboxylic acids is 1. The molecule has 200 valence electrons. The summed E-state index contributed by atoms with van der Waals surface area (Å²) in [6.07, 6.45) is -5.19. The van der Waals surface area contributed by atoms with Crippen LogP contribution in [0.5, 0.6) is 23.3 Å². The van der Waals surface area contributed by atoms with Gasteiger partial charge < -0.3 is 29.2 Å². The number of hydrogen-bond acceptors (Lipinski definition) is 6. The molecular weight excluding hydrogens is 533 g/mol. The Hall–Kier alpha value is -4.45. The number of aryl methyl sites for hydroxylation is 1. The number of ether oxygens (including phenoxy) is 3. The monoisotopic (exact) mass is 552 g/mol. The first-order chi connectivity index (χ1) is 17.8. The van der Waals surface area contributed by atoms with E-state index in [4.69, 9.17) is 35.7 Å². The highest BCUT2D eigenvalue weighted by atomic mass is 35.5. The number of carbonyl (C=O) groups is 2. The number of aromatic nitrogens is 2. The van der Waals surface area contributed by atoms with E-state index in [-0.39, 0.29) is 5.56 Å². The molecule has 0 aliphatic rings. The second-order valence-electron chi connectivity index (χ2n) is 7.70. The van der Waals surface area contributed by atoms with Crippen molar-refractivity contribution in [2.24, 2.45) is 0 Å². The SMILES string of the molecule is COc1ccc(-c2cc3[nH+]c(Oc4ccc(C)c(C(=O)O)c4)[nH]c3cc2Cl)cc1OC.O=C([O-])C(F)(F)F. The first kappa shape index (κ1) is 28.1. The van der Waals surface area contributed by atoms with E-state index >= 15 is 0 Å². The first-order valence-electron chi connectivity index (χ1n) is 10.6. The second kappa shape index (κ2) is 11.3. The van der Waals surface area contributed by atoms with Gasteiger partial charge in [0.25, 0.3) is 0 Å². The van der Waals surface area contributed by atoms with E-state index in [2.05, 4.69) is 9.97 Å². The number of carboxylic acid groups (broad SMARTS) is 2. The highest BCUT2D eigenvalue weighted by molar-refractivity contribution is 6.34. The molecule has 1 heterocycles. The summed E-state index contributed by atoms with van der Waals surface area (Å²) in [4.78, 5) is 26.4. The minimum atomic E-state index is -5.19. The van der Waals surface area contributed by atoms with Crippen molar-refractivity contribution in [3.05, 3.63) is 64.7 Å². The third kappa shape index (κ3) is 6.45. The number of fused-ring (bicyclic) bond motifs is 1. The molecule has 0 aliphatic heterocycles. The molecule has 0 amide bonds. The Morgan fingerprint density at radius 1 is 1.03 bits per heavy atom. The van der Waals surface area contributed by atoms with Crippen LogP contribution in [0.3, 0.4) is 0 Å². The average Bonchev–Trinajstić information content (AvgIpc) is 3.24. The Bertz CT molecular complexity index is 1500. The minimum Gasteiger partial charge on any atom is -0.542 e. The molecular formula is C25H20ClF3N2O7. The first-order valence-corrected chi connectivity index (χ1v) is 11.0. The number of rotatable bonds is 6. The lowest BCUT2D eigenvalue weighted by molar-refractivity contribution is -0.359. The van der Waals surface area contributed by atoms with Crippen LogP contribution < -0.4 is 24.3 Å². The number of hydrogen-bond donors (Lipinski definition) is 2. The van der Waals surface area contributed by atoms with Gasteiger partial charge in [-0.05, 0) is 48.4 Å². The number of nitrogens with one attached hydrogen (secondary N) is 2. The Kier molecular flexibility index (Phi) is 8.36. The van der Waals surface area contributed by atoms with Crippen LogP contribution in [0.1, 0.15) is 15.9 Å². The third-order valence-corrected chi connectivity index (χ3v) is 5.50. The van der Waals surface area contributed by atoms with Crippen molar-refractivity contribution in [3.63, 3.8) is 0 Å². The summed E-state index contributed by atoms with van der Waals surface area (Å²) in [5.74, 6) is -2.38. The molecule has 0 bridgehead atoms. The van der Waals surface area contributed by atoms with E-state index in [1.54, 1.807) is 39.3 Å². The van der Waals surface area contributed by atoms with Crippen molar-refractivity contribution < 1.29 is 52.2 Å². The number of alkyl halides is 3. The van der Waals surface area contributed by atoms with Gasteiger partial charge in [-0.3, -0.25) is 0 Å². The van der Waals surface area contributed by atoms with E-state index in [0.29, 0.717) is 33.8 Å². The van der Waals surface area contributed by atoms with Gasteiger partial charge in [-0.1, -0.05) is 23.7 Å². The molecule has 0 saturated heterocycles. The Morgan fingerprint density at radius 3 is 2.26 bits per heavy atom. The second-order valence-corrected chi connectivity index (χ2v) is 8.10. The average molecular weight is 553 g/mol. The maximum Gasteiger partial charge on any atom is 0.458 e. The molecule has 38 heavy (non-hydrogen) atoms. The number of methoxy groups -OCH3 is 2. The van der Waals surface area contributed by atoms with Crippen molar-refractivity contribution in [2.75, 3.05) is 14.2 Å². The normalized spacial score (nSPS) is 10.9. The fraction of sp³-hybridized carbons (Fsp3) is 0.160. The molecule has 0 fully saturated rings. The van der Waals surface area contributed by atoms with Gasteiger partial charge in [-0.2, -0.15) is 13.2 Å². The summed E-state index contributed by atoms with van der Waals surface area (Å²) < 4.78 is 48.0. The summed E-state index contributed by atoms with van der Waals surface area (Å²) >= 11 is 6.54. The van der Waals surface area contributed by atoms with Gasteiger partial charge in [0, 0.05) is 11.6 Å². The molecule has 0 aliphatic carbocycles. The maximum atomic E-state index is 11.4. The predicted octanol–water partition coefficient (Wildman–Crippen LogP) is 4.42. The van der Waals surface area contributed by atoms with Crippen LogP contribution in [0.4, 0.5) is 13.2 Å². The zero-order valence-electron chi connectivity index (χ0n) is 20.0. The molecule has 1 aromatic heterocycles. The molecule has 4 aromatic rings. The molecule has 0 radical (unpaired) electrons. The van der Waals surface area contributed by atoms with E-state index in [0.717, 1.165) is 22.2 Å². The summed E-state index contributed by atoms with van der Waals surface area (Å²) in [7, 11) is 3.16. The molecule has 3 aromatic carbocycles. The molecule has 0 saturated carbocycles. The summed E-state index contributed by atoms with van der Waals surface area (Å²) in [6.45, 7) is 1.74. The Morgan fingerprint density at radius 2 is 1.68 bits per heavy atom. The van der Waals surface area contributed by atoms with Crippen molar-refractivity contribution in [2.45, 2.75) is 13.1 Å². The number of benzene rings is 3. The molecule has 9 nitrogen and oxygen atoms in total. The molecule has 13 heteroatoms. The lowest BCUT2D eigenvalue weighted by Crippen LogP contribution is -2.37. The van der Waals surface area contributed by atoms with Gasteiger partial charge >= 0.3 is 18.2 Å². The third-order valence-electron chi connectivity index (χ3n) is 5.19. The highest BCUT2D eigenvalue weighted by Gasteiger charge is 2.28. The quantitative estimate of drug-likeness (QED) is 0.361. The predicted molar refractivity (Wildman–Crippen MR) is 128 cm³/mol. The Balaban J connectivity index is 0.000000505. The van der Waals surface area contributed by atoms with Gasteiger partial charge in [0.15, 0.2) is 22.5 Å². The summed E-state index contributed by atoms with van der Waals surface area (Å²) in [5, 5.41) is 18.6. The molecule has 3 N–H and O–H groups in total. The summed E-state index contributed by atoms with van der Waals surface area (Å²) in [6, 6.07) is 14.5. The van der Waals surface area contributed by atoms with E-state index in [1.165, 1.54) is 6.07 Å². The standard InChI is InChI=1S/C23H19ClN2O5.C2HF3O2/c1-12-4-6-14(9-15(12)22(27)28)31-23-25-18-10-16(17(24)11-19(18)26-23)13-5-7-20(29-2)21(8-13)30-3;3-2(4,5)1(6)7/h4-11H,1-3H3,(H,25,26)(H,27,28);(H,6,7). The van der Waals surface area contributed by atoms with Crippen LogP contribution in [0.2, 0.25) is 5.02 Å². The number of aromatic amines is 2. The van der Waals surface area contributed by atoms with Crippen LogP contribution >= 0.6 is 11.6 Å². The van der Waals surface area contributed by atoms with E-state index in [9.17, 15) is 23.1 Å². The van der Waals surface area contributed by atoms with Crippen LogP contribution in [-0.2, 0) is 4.79 Å². The van der Waals surface area contributed by atoms with Gasteiger partial charge in [0.2, 0.25) is 0 Å². The lowest BCUT2D eigenvalue weighted by Gasteiger charge is -2.10. The van der Waals surface area contributed by atoms with Gasteiger partial charge in [-0.15, -0.1) is 0 Å². The van der Waals surface area contributed by atoms with Gasteiger partial charge in [0.1, 0.15) is 11.7 Å². The summed E-state index contributed by atoms with van der Waals surface area (Å²) in [5.41, 5.74) is 4.04. The number of aliphatic carboxylic acids is 1. The van der Waals surface area contributed by atoms with E-state index in [1.807, 2.05) is 24.3 Å². The Labute approximate surface area is 218 Å². The van der Waals surface area contributed by atoms with Crippen molar-refractivity contribution in [1.82, 2.24) is 4.98 Å². The number of halogens is 4. The minimum absolute atomic E-state index is 0.187. The number of imidazole rings is 1. The topological polar surface area (TPSA) is 135 Å². The van der Waals surface area contributed by atoms with Crippen LogP contribution in [0, 0.1) is 6.92 Å². The molecule has 0 atom stereocenters. The lowest BCUT2D eigenvalue weighted by atomic mass is 10.0. The van der Waals surface area contributed by atoms with E-state index < -0.39 is 18.1 Å². The zero-order chi connectivity index (χ0) is 28.2. The van der Waals surface area contributed by atoms with Crippen molar-refractivity contribution in [1.29, 1.82) is 0 Å². The van der Waals surface area contributed by atoms with Crippen LogP contribution in [0.15, 0.2) is 48.5 Å². The smallest absolute Gasteiger partial charge is 0.458 e. The largest absolute Gasteiger partial charge is 0.542 e. The number of H-pyrrole nitrogens is 2. The number of aromatic carboxylic acids is 1. The fourth-order valence-electron chi connectivity index (χ4n) is 3.34. The van der Waals surface area contributed by atoms with Crippen LogP contribution in [0.25, 0.3) is 22.2 Å². The van der Waals surface area contributed by atoms with Crippen molar-refractivity contribution >= 4 is 34.6 Å². The fourth-order valence-corrected chi connectivity index (χ4v) is 3.62. The van der Waals surface area contributed by atoms with Crippen LogP contribution in [-0.4, -0.2) is 42.4 Å². The molecule has 0 spiro atoms. The van der Waals surface area contributed by atoms with Crippen molar-refractivity contribution in [3.8, 4) is 34.4 Å². The molecule has 4 rings (SSSR count). The zero-order valence-corrected chi connectivity index (χ0v) is 20.8. The maximum absolute atomic E-state index is 11.4. The highest BCUT2D eigenvalue weighted by Crippen LogP contribution is 2.37. The van der Waals surface area contributed by atoms with Gasteiger partial charge in [0.05, 0.1) is 24.8 Å². The molecule has 0 unspecified atom stereocenters. The number of carboxylic acids is 2.